The number of anilines is 2. The number of carbonyl (C=O) groups is 2. The maximum Gasteiger partial charge on any atom is 0.256 e. The molecule has 1 aliphatic rings. The Hall–Kier alpha value is -3.49. The van der Waals surface area contributed by atoms with Gasteiger partial charge in [-0.1, -0.05) is 35.9 Å². The molecule has 4 rings (SSSR count). The molecule has 6 nitrogen and oxygen atoms in total. The van der Waals surface area contributed by atoms with Gasteiger partial charge in [0.25, 0.3) is 5.91 Å². The Kier molecular flexibility index (Phi) is 7.63. The number of benzene rings is 3. The Morgan fingerprint density at radius 3 is 2.57 bits per heavy atom. The van der Waals surface area contributed by atoms with Crippen molar-refractivity contribution < 1.29 is 18.7 Å². The van der Waals surface area contributed by atoms with Crippen LogP contribution >= 0.6 is 23.8 Å². The quantitative estimate of drug-likeness (QED) is 0.410. The first-order valence-electron chi connectivity index (χ1n) is 11.0. The molecule has 3 aromatic rings. The minimum Gasteiger partial charge on any atom is -0.494 e. The number of carbonyl (C=O) groups excluding carboxylic acids is 2. The van der Waals surface area contributed by atoms with E-state index in [-0.39, 0.29) is 29.9 Å². The van der Waals surface area contributed by atoms with Crippen LogP contribution < -0.4 is 15.0 Å². The molecule has 9 heteroatoms. The lowest BCUT2D eigenvalue weighted by molar-refractivity contribution is -0.124. The molecule has 0 aliphatic carbocycles. The summed E-state index contributed by atoms with van der Waals surface area (Å²) in [7, 11) is 0. The van der Waals surface area contributed by atoms with E-state index in [9.17, 15) is 14.0 Å². The molecule has 3 aromatic carbocycles. The van der Waals surface area contributed by atoms with E-state index < -0.39 is 11.9 Å². The number of thiocarbonyl (C=S) groups is 1. The summed E-state index contributed by atoms with van der Waals surface area (Å²) in [5.41, 5.74) is 1.75. The number of nitrogens with zero attached hydrogens (tertiary/aromatic N) is 2. The largest absolute Gasteiger partial charge is 0.494 e. The Bertz CT molecular complexity index is 1250. The van der Waals surface area contributed by atoms with Gasteiger partial charge in [-0.05, 0) is 67.2 Å². The predicted octanol–water partition coefficient (Wildman–Crippen LogP) is 5.41. The van der Waals surface area contributed by atoms with Crippen LogP contribution in [0.4, 0.5) is 15.8 Å². The van der Waals surface area contributed by atoms with Crippen LogP contribution in [0.25, 0.3) is 0 Å². The van der Waals surface area contributed by atoms with Crippen molar-refractivity contribution in [1.29, 1.82) is 0 Å². The van der Waals surface area contributed by atoms with Gasteiger partial charge in [0.05, 0.1) is 18.7 Å². The summed E-state index contributed by atoms with van der Waals surface area (Å²) in [6.07, 6.45) is -0.139. The molecule has 0 aromatic heterocycles. The molecule has 180 valence electrons. The molecule has 1 unspecified atom stereocenters. The molecular formula is C26H23ClFN3O3S. The van der Waals surface area contributed by atoms with Crippen LogP contribution in [-0.4, -0.2) is 34.5 Å². The number of ether oxygens (including phenoxy) is 1. The van der Waals surface area contributed by atoms with Gasteiger partial charge in [-0.25, -0.2) is 4.39 Å². The third-order valence-electron chi connectivity index (χ3n) is 5.51. The monoisotopic (exact) mass is 511 g/mol. The zero-order valence-electron chi connectivity index (χ0n) is 18.9. The molecule has 1 atom stereocenters. The van der Waals surface area contributed by atoms with E-state index in [1.165, 1.54) is 29.2 Å². The minimum atomic E-state index is -0.862. The molecule has 1 heterocycles. The highest BCUT2D eigenvalue weighted by Gasteiger charge is 2.44. The highest BCUT2D eigenvalue weighted by Crippen LogP contribution is 2.30. The Labute approximate surface area is 213 Å². The molecule has 35 heavy (non-hydrogen) atoms. The molecule has 0 spiro atoms. The number of hydrogen-bond donors (Lipinski definition) is 1. The Morgan fingerprint density at radius 1 is 1.11 bits per heavy atom. The molecular weight excluding hydrogens is 489 g/mol. The summed E-state index contributed by atoms with van der Waals surface area (Å²) in [5.74, 6) is -0.521. The van der Waals surface area contributed by atoms with Crippen molar-refractivity contribution >= 4 is 52.1 Å². The van der Waals surface area contributed by atoms with E-state index in [4.69, 9.17) is 28.6 Å². The highest BCUT2D eigenvalue weighted by molar-refractivity contribution is 7.80. The number of nitrogens with one attached hydrogen (secondary N) is 1. The SMILES string of the molecule is CCOc1cccc(NC(=O)CC2C(=O)N(c3ccc(F)cc3)C(=S)N2Cc2ccccc2Cl)c1. The van der Waals surface area contributed by atoms with Gasteiger partial charge in [-0.2, -0.15) is 0 Å². The van der Waals surface area contributed by atoms with Gasteiger partial charge >= 0.3 is 0 Å². The molecule has 2 amide bonds. The minimum absolute atomic E-state index is 0.139. The number of halogens is 2. The fourth-order valence-corrected chi connectivity index (χ4v) is 4.45. The first-order chi connectivity index (χ1) is 16.9. The number of amides is 2. The lowest BCUT2D eigenvalue weighted by Gasteiger charge is -2.24. The van der Waals surface area contributed by atoms with E-state index in [2.05, 4.69) is 5.32 Å². The van der Waals surface area contributed by atoms with Crippen molar-refractivity contribution in [2.24, 2.45) is 0 Å². The average Bonchev–Trinajstić information content (AvgIpc) is 3.05. The topological polar surface area (TPSA) is 61.9 Å². The second-order valence-corrected chi connectivity index (χ2v) is 8.65. The second-order valence-electron chi connectivity index (χ2n) is 7.88. The van der Waals surface area contributed by atoms with E-state index >= 15 is 0 Å². The Balaban J connectivity index is 1.59. The maximum atomic E-state index is 13.5. The van der Waals surface area contributed by atoms with Crippen molar-refractivity contribution in [2.45, 2.75) is 25.9 Å². The number of hydrogen-bond acceptors (Lipinski definition) is 4. The molecule has 1 aliphatic heterocycles. The number of rotatable bonds is 8. The standard InChI is InChI=1S/C26H23ClFN3O3S/c1-2-34-21-8-5-7-19(14-21)29-24(32)15-23-25(33)31(20-12-10-18(28)11-13-20)26(35)30(23)16-17-6-3-4-9-22(17)27/h3-14,23H,2,15-16H2,1H3,(H,29,32). The summed E-state index contributed by atoms with van der Waals surface area (Å²) in [4.78, 5) is 29.5. The van der Waals surface area contributed by atoms with Gasteiger partial charge in [0.1, 0.15) is 17.6 Å². The van der Waals surface area contributed by atoms with E-state index in [0.717, 1.165) is 5.56 Å². The van der Waals surface area contributed by atoms with E-state index in [1.54, 1.807) is 35.2 Å². The van der Waals surface area contributed by atoms with E-state index in [0.29, 0.717) is 28.8 Å². The summed E-state index contributed by atoms with van der Waals surface area (Å²) >= 11 is 12.0. The molecule has 0 radical (unpaired) electrons. The van der Waals surface area contributed by atoms with Crippen LogP contribution in [0, 0.1) is 5.82 Å². The molecule has 1 fully saturated rings. The van der Waals surface area contributed by atoms with Gasteiger partial charge in [0.15, 0.2) is 5.11 Å². The van der Waals surface area contributed by atoms with Crippen LogP contribution in [0.2, 0.25) is 5.02 Å². The van der Waals surface area contributed by atoms with Crippen LogP contribution in [-0.2, 0) is 16.1 Å². The summed E-state index contributed by atoms with van der Waals surface area (Å²) in [6, 6.07) is 18.9. The highest BCUT2D eigenvalue weighted by atomic mass is 35.5. The zero-order valence-corrected chi connectivity index (χ0v) is 20.5. The van der Waals surface area contributed by atoms with Crippen LogP contribution in [0.15, 0.2) is 72.8 Å². The van der Waals surface area contributed by atoms with Gasteiger partial charge in [0, 0.05) is 23.3 Å². The van der Waals surface area contributed by atoms with Crippen LogP contribution in [0.3, 0.4) is 0 Å². The molecule has 0 bridgehead atoms. The fraction of sp³-hybridized carbons (Fsp3) is 0.192. The van der Waals surface area contributed by atoms with Crippen molar-refractivity contribution in [3.05, 3.63) is 89.2 Å². The van der Waals surface area contributed by atoms with Gasteiger partial charge < -0.3 is 15.0 Å². The summed E-state index contributed by atoms with van der Waals surface area (Å²) in [5, 5.41) is 3.57. The second kappa shape index (κ2) is 10.8. The Morgan fingerprint density at radius 2 is 1.86 bits per heavy atom. The average molecular weight is 512 g/mol. The van der Waals surface area contributed by atoms with Crippen molar-refractivity contribution in [3.8, 4) is 5.75 Å². The molecule has 0 saturated carbocycles. The fourth-order valence-electron chi connectivity index (χ4n) is 3.87. The normalized spacial score (nSPS) is 15.5. The maximum absolute atomic E-state index is 13.5. The summed E-state index contributed by atoms with van der Waals surface area (Å²) < 4.78 is 19.0. The van der Waals surface area contributed by atoms with Crippen molar-refractivity contribution in [1.82, 2.24) is 4.90 Å². The predicted molar refractivity (Wildman–Crippen MR) is 138 cm³/mol. The smallest absolute Gasteiger partial charge is 0.256 e. The van der Waals surface area contributed by atoms with Gasteiger partial charge in [-0.3, -0.25) is 14.5 Å². The molecule has 1 N–H and O–H groups in total. The lowest BCUT2D eigenvalue weighted by atomic mass is 10.1. The van der Waals surface area contributed by atoms with Gasteiger partial charge in [-0.15, -0.1) is 0 Å². The first kappa shape index (κ1) is 24.6. The van der Waals surface area contributed by atoms with Crippen molar-refractivity contribution in [2.75, 3.05) is 16.8 Å². The zero-order chi connectivity index (χ0) is 24.9. The third-order valence-corrected chi connectivity index (χ3v) is 6.30. The van der Waals surface area contributed by atoms with Crippen LogP contribution in [0.1, 0.15) is 18.9 Å². The van der Waals surface area contributed by atoms with Crippen molar-refractivity contribution in [3.63, 3.8) is 0 Å². The van der Waals surface area contributed by atoms with E-state index in [1.807, 2.05) is 25.1 Å². The van der Waals surface area contributed by atoms with Gasteiger partial charge in [0.2, 0.25) is 5.91 Å². The third kappa shape index (κ3) is 5.61. The first-order valence-corrected chi connectivity index (χ1v) is 11.8. The summed E-state index contributed by atoms with van der Waals surface area (Å²) in [6.45, 7) is 2.61. The lowest BCUT2D eigenvalue weighted by Crippen LogP contribution is -2.37. The molecule has 1 saturated heterocycles. The van der Waals surface area contributed by atoms with Crippen LogP contribution in [0.5, 0.6) is 5.75 Å².